The van der Waals surface area contributed by atoms with Crippen LogP contribution in [0.1, 0.15) is 12.8 Å². The molecule has 0 radical (unpaired) electrons. The lowest BCUT2D eigenvalue weighted by atomic mass is 10.1. The van der Waals surface area contributed by atoms with Gasteiger partial charge in [0.15, 0.2) is 0 Å². The molecule has 1 aromatic rings. The lowest BCUT2D eigenvalue weighted by Gasteiger charge is -2.14. The van der Waals surface area contributed by atoms with E-state index in [0.717, 1.165) is 12.8 Å². The van der Waals surface area contributed by atoms with E-state index in [1.807, 2.05) is 0 Å². The number of carbonyl (C=O) groups is 1. The number of hydrogen-bond acceptors (Lipinski definition) is 3. The summed E-state index contributed by atoms with van der Waals surface area (Å²) in [5.74, 6) is 0.372. The van der Waals surface area contributed by atoms with E-state index >= 15 is 0 Å². The predicted molar refractivity (Wildman–Crippen MR) is 65.4 cm³/mol. The quantitative estimate of drug-likeness (QED) is 0.866. The molecule has 4 nitrogen and oxygen atoms in total. The van der Waals surface area contributed by atoms with Gasteiger partial charge in [0.2, 0.25) is 5.91 Å². The number of aliphatic hydroxyl groups is 1. The Morgan fingerprint density at radius 1 is 1.59 bits per heavy atom. The average molecular weight is 256 g/mol. The van der Waals surface area contributed by atoms with Gasteiger partial charge in [-0.3, -0.25) is 4.79 Å². The SMILES string of the molecule is COc1ccc(Cl)cc1NC(=O)C1(CO)CC1. The molecule has 92 valence electrons. The lowest BCUT2D eigenvalue weighted by molar-refractivity contribution is -0.122. The van der Waals surface area contributed by atoms with Crippen LogP contribution in [0.3, 0.4) is 0 Å². The Kier molecular flexibility index (Phi) is 3.26. The minimum atomic E-state index is -0.604. The summed E-state index contributed by atoms with van der Waals surface area (Å²) in [5.41, 5.74) is -0.0717. The van der Waals surface area contributed by atoms with E-state index in [0.29, 0.717) is 16.5 Å². The van der Waals surface area contributed by atoms with E-state index < -0.39 is 5.41 Å². The minimum absolute atomic E-state index is 0.123. The third-order valence-corrected chi connectivity index (χ3v) is 3.28. The van der Waals surface area contributed by atoms with Crippen LogP contribution in [-0.2, 0) is 4.79 Å². The summed E-state index contributed by atoms with van der Waals surface area (Å²) >= 11 is 5.86. The average Bonchev–Trinajstić information content (AvgIpc) is 3.10. The molecule has 0 aliphatic heterocycles. The molecule has 1 amide bonds. The van der Waals surface area contributed by atoms with E-state index in [2.05, 4.69) is 5.32 Å². The van der Waals surface area contributed by atoms with Gasteiger partial charge in [-0.2, -0.15) is 0 Å². The van der Waals surface area contributed by atoms with Gasteiger partial charge in [0.25, 0.3) is 0 Å². The minimum Gasteiger partial charge on any atom is -0.495 e. The van der Waals surface area contributed by atoms with Crippen molar-refractivity contribution < 1.29 is 14.6 Å². The summed E-state index contributed by atoms with van der Waals surface area (Å²) in [6.45, 7) is -0.123. The molecule has 0 unspecified atom stereocenters. The molecule has 0 bridgehead atoms. The number of carbonyl (C=O) groups excluding carboxylic acids is 1. The molecule has 2 N–H and O–H groups in total. The number of benzene rings is 1. The normalized spacial score (nSPS) is 16.4. The van der Waals surface area contributed by atoms with Crippen LogP contribution in [0.2, 0.25) is 5.02 Å². The summed E-state index contributed by atoms with van der Waals surface area (Å²) < 4.78 is 5.13. The van der Waals surface area contributed by atoms with Crippen molar-refractivity contribution in [3.05, 3.63) is 23.2 Å². The fourth-order valence-corrected chi connectivity index (χ4v) is 1.81. The molecule has 1 aliphatic carbocycles. The van der Waals surface area contributed by atoms with Crippen molar-refractivity contribution in [2.45, 2.75) is 12.8 Å². The number of anilines is 1. The zero-order valence-corrected chi connectivity index (χ0v) is 10.3. The maximum atomic E-state index is 11.9. The Labute approximate surface area is 105 Å². The Morgan fingerprint density at radius 3 is 2.82 bits per heavy atom. The number of aliphatic hydroxyl groups excluding tert-OH is 1. The molecule has 0 atom stereocenters. The van der Waals surface area contributed by atoms with E-state index in [1.165, 1.54) is 7.11 Å². The highest BCUT2D eigenvalue weighted by molar-refractivity contribution is 6.31. The van der Waals surface area contributed by atoms with Crippen molar-refractivity contribution in [2.75, 3.05) is 19.0 Å². The Bertz CT molecular complexity index is 443. The lowest BCUT2D eigenvalue weighted by Crippen LogP contribution is -2.27. The van der Waals surface area contributed by atoms with E-state index in [-0.39, 0.29) is 12.5 Å². The molecule has 1 fully saturated rings. The van der Waals surface area contributed by atoms with Crippen LogP contribution >= 0.6 is 11.6 Å². The molecule has 17 heavy (non-hydrogen) atoms. The Balaban J connectivity index is 2.18. The molecular formula is C12H14ClNO3. The first-order chi connectivity index (χ1) is 8.11. The van der Waals surface area contributed by atoms with Crippen LogP contribution in [0.15, 0.2) is 18.2 Å². The van der Waals surface area contributed by atoms with E-state index in [1.54, 1.807) is 18.2 Å². The number of methoxy groups -OCH3 is 1. The van der Waals surface area contributed by atoms with Crippen LogP contribution in [0, 0.1) is 5.41 Å². The molecule has 1 saturated carbocycles. The number of nitrogens with one attached hydrogen (secondary N) is 1. The van der Waals surface area contributed by atoms with Crippen LogP contribution in [0.5, 0.6) is 5.75 Å². The summed E-state index contributed by atoms with van der Waals surface area (Å²) in [4.78, 5) is 11.9. The highest BCUT2D eigenvalue weighted by Crippen LogP contribution is 2.46. The first-order valence-corrected chi connectivity index (χ1v) is 5.75. The Hall–Kier alpha value is -1.26. The van der Waals surface area contributed by atoms with Crippen molar-refractivity contribution in [3.63, 3.8) is 0 Å². The molecule has 2 rings (SSSR count). The highest BCUT2D eigenvalue weighted by atomic mass is 35.5. The van der Waals surface area contributed by atoms with Gasteiger partial charge >= 0.3 is 0 Å². The Morgan fingerprint density at radius 2 is 2.29 bits per heavy atom. The standard InChI is InChI=1S/C12H14ClNO3/c1-17-10-3-2-8(13)6-9(10)14-11(16)12(7-15)4-5-12/h2-3,6,15H,4-5,7H2,1H3,(H,14,16). The van der Waals surface area contributed by atoms with Crippen molar-refractivity contribution in [1.29, 1.82) is 0 Å². The van der Waals surface area contributed by atoms with Crippen molar-refractivity contribution in [1.82, 2.24) is 0 Å². The molecule has 1 aliphatic rings. The van der Waals surface area contributed by atoms with Gasteiger partial charge in [0, 0.05) is 5.02 Å². The van der Waals surface area contributed by atoms with E-state index in [9.17, 15) is 4.79 Å². The second-order valence-electron chi connectivity index (χ2n) is 4.24. The number of halogens is 1. The molecule has 0 heterocycles. The molecular weight excluding hydrogens is 242 g/mol. The summed E-state index contributed by atoms with van der Waals surface area (Å²) in [6.07, 6.45) is 1.44. The fourth-order valence-electron chi connectivity index (χ4n) is 1.64. The molecule has 0 spiro atoms. The largest absolute Gasteiger partial charge is 0.495 e. The summed E-state index contributed by atoms with van der Waals surface area (Å²) in [7, 11) is 1.53. The topological polar surface area (TPSA) is 58.6 Å². The van der Waals surface area contributed by atoms with Crippen molar-refractivity contribution in [2.24, 2.45) is 5.41 Å². The predicted octanol–water partition coefficient (Wildman–Crippen LogP) is 2.06. The zero-order valence-electron chi connectivity index (χ0n) is 9.50. The zero-order chi connectivity index (χ0) is 12.5. The molecule has 0 aromatic heterocycles. The summed E-state index contributed by atoms with van der Waals surface area (Å²) in [6, 6.07) is 5.01. The van der Waals surface area contributed by atoms with Gasteiger partial charge in [0.05, 0.1) is 24.8 Å². The van der Waals surface area contributed by atoms with Crippen LogP contribution in [0.4, 0.5) is 5.69 Å². The second-order valence-corrected chi connectivity index (χ2v) is 4.67. The van der Waals surface area contributed by atoms with E-state index in [4.69, 9.17) is 21.4 Å². The van der Waals surface area contributed by atoms with Gasteiger partial charge in [-0.05, 0) is 31.0 Å². The second kappa shape index (κ2) is 4.55. The number of amides is 1. The first-order valence-electron chi connectivity index (χ1n) is 5.37. The maximum absolute atomic E-state index is 11.9. The van der Waals surface area contributed by atoms with Crippen LogP contribution in [-0.4, -0.2) is 24.7 Å². The number of hydrogen-bond donors (Lipinski definition) is 2. The molecule has 5 heteroatoms. The van der Waals surface area contributed by atoms with Gasteiger partial charge in [-0.25, -0.2) is 0 Å². The number of ether oxygens (including phenoxy) is 1. The molecule has 1 aromatic carbocycles. The maximum Gasteiger partial charge on any atom is 0.233 e. The first kappa shape index (κ1) is 12.2. The third kappa shape index (κ3) is 2.37. The van der Waals surface area contributed by atoms with Crippen molar-refractivity contribution >= 4 is 23.2 Å². The monoisotopic (exact) mass is 255 g/mol. The summed E-state index contributed by atoms with van der Waals surface area (Å²) in [5, 5.41) is 12.4. The molecule has 0 saturated heterocycles. The van der Waals surface area contributed by atoms with Gasteiger partial charge in [0.1, 0.15) is 5.75 Å². The fraction of sp³-hybridized carbons (Fsp3) is 0.417. The van der Waals surface area contributed by atoms with Crippen molar-refractivity contribution in [3.8, 4) is 5.75 Å². The van der Waals surface area contributed by atoms with Crippen LogP contribution < -0.4 is 10.1 Å². The van der Waals surface area contributed by atoms with Gasteiger partial charge in [-0.15, -0.1) is 0 Å². The number of rotatable bonds is 4. The third-order valence-electron chi connectivity index (χ3n) is 3.05. The van der Waals surface area contributed by atoms with Gasteiger partial charge < -0.3 is 15.2 Å². The highest BCUT2D eigenvalue weighted by Gasteiger charge is 2.49. The smallest absolute Gasteiger partial charge is 0.233 e. The van der Waals surface area contributed by atoms with Gasteiger partial charge in [-0.1, -0.05) is 11.6 Å². The van der Waals surface area contributed by atoms with Crippen LogP contribution in [0.25, 0.3) is 0 Å².